The molecule has 8 heteroatoms. The summed E-state index contributed by atoms with van der Waals surface area (Å²) in [6.07, 6.45) is 1.12. The molecule has 0 radical (unpaired) electrons. The van der Waals surface area contributed by atoms with Crippen molar-refractivity contribution in [2.75, 3.05) is 0 Å². The predicted octanol–water partition coefficient (Wildman–Crippen LogP) is 3.66. The van der Waals surface area contributed by atoms with Crippen LogP contribution in [-0.2, 0) is 9.59 Å². The fraction of sp³-hybridized carbons (Fsp3) is 0.353. The maximum atomic E-state index is 12.6. The molecule has 0 amide bonds. The van der Waals surface area contributed by atoms with E-state index in [1.54, 1.807) is 0 Å². The van der Waals surface area contributed by atoms with Gasteiger partial charge in [-0.15, -0.1) is 0 Å². The van der Waals surface area contributed by atoms with Crippen molar-refractivity contribution in [3.63, 3.8) is 0 Å². The number of aliphatic carboxylic acids is 2. The van der Waals surface area contributed by atoms with Gasteiger partial charge in [-0.3, -0.25) is 4.79 Å². The zero-order valence-electron chi connectivity index (χ0n) is 21.8. The highest BCUT2D eigenvalue weighted by Crippen LogP contribution is 2.23. The minimum Gasteiger partial charge on any atom is -0.478 e. The van der Waals surface area contributed by atoms with Crippen molar-refractivity contribution in [2.24, 2.45) is 0 Å². The minimum atomic E-state index is -3.45. The van der Waals surface area contributed by atoms with Crippen molar-refractivity contribution in [3.8, 4) is 0 Å². The topological polar surface area (TPSA) is 104 Å². The number of benzene rings is 1. The second-order valence-electron chi connectivity index (χ2n) is 4.62. The summed E-state index contributed by atoms with van der Waals surface area (Å²) in [4.78, 5) is 31.7. The Balaban J connectivity index is 0.00000116. The van der Waals surface area contributed by atoms with Crippen molar-refractivity contribution in [1.82, 2.24) is 5.32 Å². The molecule has 0 aromatic heterocycles. The van der Waals surface area contributed by atoms with Gasteiger partial charge in [-0.25, -0.2) is 9.59 Å². The van der Waals surface area contributed by atoms with E-state index in [0.717, 1.165) is 0 Å². The zero-order chi connectivity index (χ0) is 27.3. The van der Waals surface area contributed by atoms with Crippen molar-refractivity contribution in [2.45, 2.75) is 39.1 Å². The third kappa shape index (κ3) is 10.6. The van der Waals surface area contributed by atoms with E-state index in [9.17, 15) is 14.4 Å². The monoisotopic (exact) mass is 398 g/mol. The van der Waals surface area contributed by atoms with E-state index in [1.807, 2.05) is 0 Å². The van der Waals surface area contributed by atoms with E-state index in [4.69, 9.17) is 45.8 Å². The summed E-state index contributed by atoms with van der Waals surface area (Å²) >= 11 is 11.6. The lowest BCUT2D eigenvalue weighted by Crippen LogP contribution is -2.46. The molecule has 138 valence electrons. The number of rotatable bonds is 5. The molecule has 0 fully saturated rings. The highest BCUT2D eigenvalue weighted by Gasteiger charge is 2.21. The number of carboxylic acid groups (broad SMARTS) is 2. The van der Waals surface area contributed by atoms with Crippen molar-refractivity contribution in [1.29, 1.82) is 0 Å². The summed E-state index contributed by atoms with van der Waals surface area (Å²) < 4.78 is 68.0. The molecule has 1 unspecified atom stereocenters. The van der Waals surface area contributed by atoms with Crippen molar-refractivity contribution in [3.05, 3.63) is 46.0 Å². The quantitative estimate of drug-likeness (QED) is 0.516. The van der Waals surface area contributed by atoms with Gasteiger partial charge in [0, 0.05) is 35.6 Å². The summed E-state index contributed by atoms with van der Waals surface area (Å²) in [6, 6.07) is 2.45. The molecule has 0 saturated carbocycles. The lowest BCUT2D eigenvalue weighted by atomic mass is 10.0. The zero-order valence-corrected chi connectivity index (χ0v) is 14.4. The van der Waals surface area contributed by atoms with E-state index in [0.29, 0.717) is 12.2 Å². The van der Waals surface area contributed by atoms with Gasteiger partial charge in [-0.2, -0.15) is 0 Å². The smallest absolute Gasteiger partial charge is 0.328 e. The van der Waals surface area contributed by atoms with Crippen LogP contribution in [0.25, 0.3) is 0 Å². The highest BCUT2D eigenvalue weighted by molar-refractivity contribution is 6.42. The van der Waals surface area contributed by atoms with Crippen LogP contribution in [-0.4, -0.2) is 39.5 Å². The maximum Gasteiger partial charge on any atom is 0.328 e. The lowest BCUT2D eigenvalue weighted by molar-refractivity contribution is -0.134. The molecule has 1 rings (SSSR count). The molecule has 6 nitrogen and oxygen atoms in total. The predicted molar refractivity (Wildman–Crippen MR) is 97.6 cm³/mol. The third-order valence-electron chi connectivity index (χ3n) is 2.40. The summed E-state index contributed by atoms with van der Waals surface area (Å²) in [5.74, 6) is -3.24. The number of carboxylic acids is 2. The first kappa shape index (κ1) is 11.7. The first-order valence-electron chi connectivity index (χ1n) is 11.0. The molecule has 0 bridgehead atoms. The van der Waals surface area contributed by atoms with Crippen molar-refractivity contribution >= 4 is 40.9 Å². The number of Topliss-reactive ketones (excluding diaryl/α,β-unsaturated/α-hetero) is 1. The normalized spacial score (nSPS) is 19.1. The number of ketones is 1. The average molecular weight is 399 g/mol. The van der Waals surface area contributed by atoms with Gasteiger partial charge in [0.05, 0.1) is 16.1 Å². The van der Waals surface area contributed by atoms with Crippen LogP contribution < -0.4 is 5.32 Å². The minimum absolute atomic E-state index is 0.0231. The van der Waals surface area contributed by atoms with E-state index in [1.165, 1.54) is 25.1 Å². The molecule has 1 atom stereocenters. The standard InChI is InChI=1S/C13H17Cl2NO.C4H4O4/c1-8(16-13(2,3)4)12(17)9-5-6-10(14)11(15)7-9;5-3(6)1-2-4(7)8/h5-8,16H,1-4H3;1-2H,(H,5,6)(H,7,8)/b;2-1+/i2D3,3D3,4D3;. The van der Waals surface area contributed by atoms with E-state index in [-0.39, 0.29) is 15.6 Å². The summed E-state index contributed by atoms with van der Waals surface area (Å²) in [5, 5.41) is 17.9. The van der Waals surface area contributed by atoms with Crippen LogP contribution in [0.15, 0.2) is 30.4 Å². The molecule has 25 heavy (non-hydrogen) atoms. The van der Waals surface area contributed by atoms with Gasteiger partial charge in [0.15, 0.2) is 5.78 Å². The van der Waals surface area contributed by atoms with Crippen molar-refractivity contribution < 1.29 is 36.9 Å². The summed E-state index contributed by atoms with van der Waals surface area (Å²) in [5.41, 5.74) is -3.27. The molecule has 1 aromatic carbocycles. The third-order valence-corrected chi connectivity index (χ3v) is 3.14. The van der Waals surface area contributed by atoms with E-state index in [2.05, 4.69) is 5.32 Å². The molecule has 0 aliphatic carbocycles. The van der Waals surface area contributed by atoms with Gasteiger partial charge in [0.2, 0.25) is 0 Å². The Morgan fingerprint density at radius 3 is 2.04 bits per heavy atom. The highest BCUT2D eigenvalue weighted by atomic mass is 35.5. The molecule has 0 aliphatic heterocycles. The molecule has 1 aromatic rings. The Morgan fingerprint density at radius 1 is 1.12 bits per heavy atom. The average Bonchev–Trinajstić information content (AvgIpc) is 2.63. The first-order chi connectivity index (χ1) is 15.1. The number of halogens is 2. The second-order valence-corrected chi connectivity index (χ2v) is 5.43. The molecule has 0 spiro atoms. The Morgan fingerprint density at radius 2 is 1.64 bits per heavy atom. The van der Waals surface area contributed by atoms with Crippen LogP contribution in [0.3, 0.4) is 0 Å². The van der Waals surface area contributed by atoms with Gasteiger partial charge < -0.3 is 15.5 Å². The van der Waals surface area contributed by atoms with Gasteiger partial charge in [-0.1, -0.05) is 23.2 Å². The summed E-state index contributed by atoms with van der Waals surface area (Å²) in [6.45, 7) is -9.16. The van der Waals surface area contributed by atoms with Crippen LogP contribution in [0, 0.1) is 0 Å². The fourth-order valence-corrected chi connectivity index (χ4v) is 1.73. The Kier molecular flexibility index (Phi) is 4.75. The molecule has 0 aliphatic rings. The van der Waals surface area contributed by atoms with Crippen LogP contribution in [0.4, 0.5) is 0 Å². The van der Waals surface area contributed by atoms with Gasteiger partial charge in [0.25, 0.3) is 0 Å². The van der Waals surface area contributed by atoms with Gasteiger partial charge in [-0.05, 0) is 45.7 Å². The number of carbonyl (C=O) groups is 3. The molecular formula is C17H21Cl2NO5. The van der Waals surface area contributed by atoms with Gasteiger partial charge >= 0.3 is 11.9 Å². The van der Waals surface area contributed by atoms with Crippen LogP contribution in [0.5, 0.6) is 0 Å². The Labute approximate surface area is 169 Å². The Bertz CT molecular complexity index is 891. The first-order valence-corrected chi connectivity index (χ1v) is 7.25. The SMILES string of the molecule is O=C(O)/C=C/C(=O)O.[2H]C([2H])([2H])C(NC(C)C(=O)c1ccc(Cl)c(Cl)c1)(C([2H])([2H])[2H])C([2H])([2H])[2H]. The number of carbonyl (C=O) groups excluding carboxylic acids is 1. The van der Waals surface area contributed by atoms with Crippen LogP contribution >= 0.6 is 23.2 Å². The van der Waals surface area contributed by atoms with Gasteiger partial charge in [0.1, 0.15) is 0 Å². The second kappa shape index (κ2) is 10.2. The molecule has 3 N–H and O–H groups in total. The largest absolute Gasteiger partial charge is 0.478 e. The number of hydrogen-bond acceptors (Lipinski definition) is 4. The van der Waals surface area contributed by atoms with Crippen LogP contribution in [0.2, 0.25) is 10.0 Å². The van der Waals surface area contributed by atoms with E-state index < -0.39 is 49.9 Å². The maximum absolute atomic E-state index is 12.6. The molecule has 0 heterocycles. The Hall–Kier alpha value is -1.89. The molecule has 0 saturated heterocycles. The number of nitrogens with one attached hydrogen (secondary N) is 1. The number of hydrogen-bond donors (Lipinski definition) is 3. The fourth-order valence-electron chi connectivity index (χ4n) is 1.43. The summed E-state index contributed by atoms with van der Waals surface area (Å²) in [7, 11) is 0. The molecular weight excluding hydrogens is 369 g/mol. The van der Waals surface area contributed by atoms with Crippen LogP contribution in [0.1, 0.15) is 50.2 Å². The lowest BCUT2D eigenvalue weighted by Gasteiger charge is -2.25. The van der Waals surface area contributed by atoms with E-state index >= 15 is 0 Å².